The van der Waals surface area contributed by atoms with Crippen LogP contribution in [-0.2, 0) is 0 Å². The van der Waals surface area contributed by atoms with Gasteiger partial charge in [-0.1, -0.05) is 127 Å². The van der Waals surface area contributed by atoms with Crippen LogP contribution in [0.1, 0.15) is 0 Å². The molecule has 0 atom stereocenters. The number of benzene rings is 6. The molecule has 2 aromatic heterocycles. The van der Waals surface area contributed by atoms with E-state index in [4.69, 9.17) is 14.4 Å². The summed E-state index contributed by atoms with van der Waals surface area (Å²) in [4.78, 5) is 10.2. The van der Waals surface area contributed by atoms with Crippen LogP contribution >= 0.6 is 0 Å². The van der Waals surface area contributed by atoms with Gasteiger partial charge in [-0.2, -0.15) is 4.98 Å². The van der Waals surface area contributed by atoms with Crippen molar-refractivity contribution in [2.24, 2.45) is 0 Å². The van der Waals surface area contributed by atoms with Gasteiger partial charge in [0.15, 0.2) is 5.82 Å². The second-order valence-electron chi connectivity index (χ2n) is 10.2. The Bertz CT molecular complexity index is 2200. The van der Waals surface area contributed by atoms with Crippen molar-refractivity contribution in [1.29, 1.82) is 0 Å². The third kappa shape index (κ3) is 4.07. The molecule has 0 bridgehead atoms. The van der Waals surface area contributed by atoms with E-state index in [9.17, 15) is 0 Å². The van der Waals surface area contributed by atoms with Gasteiger partial charge in [-0.3, -0.25) is 0 Å². The Morgan fingerprint density at radius 3 is 1.76 bits per heavy atom. The quantitative estimate of drug-likeness (QED) is 0.230. The van der Waals surface area contributed by atoms with E-state index in [1.165, 1.54) is 11.1 Å². The Balaban J connectivity index is 1.33. The number of fused-ring (bicyclic) bond motifs is 5. The van der Waals surface area contributed by atoms with E-state index in [0.29, 0.717) is 11.5 Å². The monoisotopic (exact) mass is 524 g/mol. The molecule has 0 unspecified atom stereocenters. The summed E-state index contributed by atoms with van der Waals surface area (Å²) in [5.41, 5.74) is 8.90. The summed E-state index contributed by atoms with van der Waals surface area (Å²) in [6.07, 6.45) is 0. The van der Waals surface area contributed by atoms with Crippen LogP contribution in [0.5, 0.6) is 0 Å². The van der Waals surface area contributed by atoms with E-state index in [1.54, 1.807) is 0 Å². The predicted octanol–water partition coefficient (Wildman–Crippen LogP) is 10.2. The van der Waals surface area contributed by atoms with Gasteiger partial charge < -0.3 is 4.42 Å². The van der Waals surface area contributed by atoms with Crippen molar-refractivity contribution in [2.45, 2.75) is 0 Å². The Morgan fingerprint density at radius 1 is 0.415 bits per heavy atom. The van der Waals surface area contributed by atoms with E-state index in [2.05, 4.69) is 115 Å². The van der Waals surface area contributed by atoms with Crippen LogP contribution in [0.25, 0.3) is 77.7 Å². The van der Waals surface area contributed by atoms with Crippen molar-refractivity contribution in [3.8, 4) is 44.9 Å². The first-order valence-electron chi connectivity index (χ1n) is 13.8. The average molecular weight is 525 g/mol. The highest BCUT2D eigenvalue weighted by molar-refractivity contribution is 6.21. The molecule has 0 amide bonds. The van der Waals surface area contributed by atoms with Gasteiger partial charge in [-0.05, 0) is 51.2 Å². The van der Waals surface area contributed by atoms with Crippen molar-refractivity contribution in [1.82, 2.24) is 9.97 Å². The molecule has 0 fully saturated rings. The molecule has 0 spiro atoms. The van der Waals surface area contributed by atoms with Crippen molar-refractivity contribution >= 4 is 32.8 Å². The fraction of sp³-hybridized carbons (Fsp3) is 0. The molecule has 6 aromatic carbocycles. The number of furan rings is 1. The van der Waals surface area contributed by atoms with Crippen LogP contribution < -0.4 is 0 Å². The molecular formula is C38H24N2O. The predicted molar refractivity (Wildman–Crippen MR) is 169 cm³/mol. The molecule has 3 nitrogen and oxygen atoms in total. The van der Waals surface area contributed by atoms with Crippen molar-refractivity contribution in [3.63, 3.8) is 0 Å². The molecule has 0 radical (unpaired) electrons. The minimum Gasteiger partial charge on any atom is -0.438 e. The molecule has 0 N–H and O–H groups in total. The third-order valence-corrected chi connectivity index (χ3v) is 7.69. The highest BCUT2D eigenvalue weighted by atomic mass is 16.3. The summed E-state index contributed by atoms with van der Waals surface area (Å²) in [5.74, 6) is 0.640. The molecule has 2 heterocycles. The van der Waals surface area contributed by atoms with Gasteiger partial charge in [0.2, 0.25) is 5.71 Å². The highest BCUT2D eigenvalue weighted by Gasteiger charge is 2.20. The number of nitrogens with zero attached hydrogens (tertiary/aromatic N) is 2. The van der Waals surface area contributed by atoms with E-state index in [-0.39, 0.29) is 0 Å². The van der Waals surface area contributed by atoms with E-state index in [0.717, 1.165) is 55.1 Å². The van der Waals surface area contributed by atoms with Crippen molar-refractivity contribution in [2.75, 3.05) is 0 Å². The first-order valence-corrected chi connectivity index (χ1v) is 13.8. The van der Waals surface area contributed by atoms with Gasteiger partial charge in [0.25, 0.3) is 0 Å². The summed E-state index contributed by atoms with van der Waals surface area (Å²) >= 11 is 0. The van der Waals surface area contributed by atoms with Crippen LogP contribution in [0, 0.1) is 0 Å². The van der Waals surface area contributed by atoms with Gasteiger partial charge >= 0.3 is 0 Å². The third-order valence-electron chi connectivity index (χ3n) is 7.69. The smallest absolute Gasteiger partial charge is 0.231 e. The number of hydrogen-bond acceptors (Lipinski definition) is 3. The van der Waals surface area contributed by atoms with Gasteiger partial charge in [0, 0.05) is 16.5 Å². The Morgan fingerprint density at radius 2 is 1.00 bits per heavy atom. The summed E-state index contributed by atoms with van der Waals surface area (Å²) in [7, 11) is 0. The Hall–Kier alpha value is -5.54. The molecule has 0 aliphatic carbocycles. The SMILES string of the molecule is c1ccc(-c2cccc(-c3cccc(-c4nc(-c5ccccc5)c5c(n4)oc4ccc6ccccc6c45)c3)c2)cc1. The summed E-state index contributed by atoms with van der Waals surface area (Å²) in [6.45, 7) is 0. The lowest BCUT2D eigenvalue weighted by Crippen LogP contribution is -1.94. The summed E-state index contributed by atoms with van der Waals surface area (Å²) in [6, 6.07) is 50.4. The fourth-order valence-electron chi connectivity index (χ4n) is 5.72. The molecule has 3 heteroatoms. The zero-order valence-corrected chi connectivity index (χ0v) is 22.2. The fourth-order valence-corrected chi connectivity index (χ4v) is 5.72. The molecular weight excluding hydrogens is 500 g/mol. The molecule has 192 valence electrons. The average Bonchev–Trinajstić information content (AvgIpc) is 3.44. The Labute approximate surface area is 237 Å². The van der Waals surface area contributed by atoms with E-state index >= 15 is 0 Å². The number of hydrogen-bond donors (Lipinski definition) is 0. The van der Waals surface area contributed by atoms with Crippen LogP contribution in [0.2, 0.25) is 0 Å². The highest BCUT2D eigenvalue weighted by Crippen LogP contribution is 2.40. The topological polar surface area (TPSA) is 38.9 Å². The van der Waals surface area contributed by atoms with Crippen LogP contribution in [0.15, 0.2) is 150 Å². The van der Waals surface area contributed by atoms with Crippen LogP contribution in [-0.4, -0.2) is 9.97 Å². The standard InChI is InChI=1S/C38H24N2O/c1-3-11-25(12-4-1)28-16-9-17-29(23-28)30-18-10-19-31(24-30)37-39-36(27-14-5-2-6-15-27)35-34-32-20-8-7-13-26(32)21-22-33(34)41-38(35)40-37/h1-24H. The number of aromatic nitrogens is 2. The molecule has 8 aromatic rings. The lowest BCUT2D eigenvalue weighted by atomic mass is 9.97. The minimum absolute atomic E-state index is 0.594. The molecule has 0 aliphatic rings. The normalized spacial score (nSPS) is 11.4. The largest absolute Gasteiger partial charge is 0.438 e. The number of rotatable bonds is 4. The van der Waals surface area contributed by atoms with E-state index < -0.39 is 0 Å². The van der Waals surface area contributed by atoms with Gasteiger partial charge in [-0.15, -0.1) is 0 Å². The first kappa shape index (κ1) is 23.4. The van der Waals surface area contributed by atoms with Gasteiger partial charge in [0.1, 0.15) is 5.58 Å². The van der Waals surface area contributed by atoms with Gasteiger partial charge in [-0.25, -0.2) is 4.98 Å². The van der Waals surface area contributed by atoms with Crippen LogP contribution in [0.3, 0.4) is 0 Å². The zero-order chi connectivity index (χ0) is 27.2. The van der Waals surface area contributed by atoms with Crippen LogP contribution in [0.4, 0.5) is 0 Å². The maximum Gasteiger partial charge on any atom is 0.231 e. The molecule has 41 heavy (non-hydrogen) atoms. The van der Waals surface area contributed by atoms with E-state index in [1.807, 2.05) is 30.3 Å². The minimum atomic E-state index is 0.594. The molecule has 8 rings (SSSR count). The lowest BCUT2D eigenvalue weighted by Gasteiger charge is -2.10. The first-order chi connectivity index (χ1) is 20.3. The molecule has 0 saturated carbocycles. The molecule has 0 saturated heterocycles. The second-order valence-corrected chi connectivity index (χ2v) is 10.2. The summed E-state index contributed by atoms with van der Waals surface area (Å²) < 4.78 is 6.41. The van der Waals surface area contributed by atoms with Gasteiger partial charge in [0.05, 0.1) is 11.1 Å². The van der Waals surface area contributed by atoms with Crippen molar-refractivity contribution < 1.29 is 4.42 Å². The lowest BCUT2D eigenvalue weighted by molar-refractivity contribution is 0.654. The second kappa shape index (κ2) is 9.58. The van der Waals surface area contributed by atoms with Crippen molar-refractivity contribution in [3.05, 3.63) is 146 Å². The summed E-state index contributed by atoms with van der Waals surface area (Å²) in [5, 5.41) is 4.29. The maximum atomic E-state index is 6.41. The zero-order valence-electron chi connectivity index (χ0n) is 22.2. The Kier molecular flexibility index (Phi) is 5.46. The molecule has 0 aliphatic heterocycles. The maximum absolute atomic E-state index is 6.41.